The van der Waals surface area contributed by atoms with Gasteiger partial charge in [0.25, 0.3) is 0 Å². The van der Waals surface area contributed by atoms with Gasteiger partial charge in [-0.2, -0.15) is 0 Å². The smallest absolute Gasteiger partial charge is 0.243 e. The number of carbonyl (C=O) groups excluding carboxylic acids is 2. The zero-order chi connectivity index (χ0) is 26.2. The number of nitrogens with one attached hydrogen (secondary N) is 1. The predicted octanol–water partition coefficient (Wildman–Crippen LogP) is 4.53. The van der Waals surface area contributed by atoms with Crippen LogP contribution in [0.2, 0.25) is 5.02 Å². The molecule has 0 bridgehead atoms. The van der Waals surface area contributed by atoms with E-state index >= 15 is 0 Å². The van der Waals surface area contributed by atoms with Crippen LogP contribution in [0.25, 0.3) is 0 Å². The third-order valence-electron chi connectivity index (χ3n) is 5.52. The summed E-state index contributed by atoms with van der Waals surface area (Å²) in [5, 5.41) is 3.42. The highest BCUT2D eigenvalue weighted by atomic mass is 35.5. The van der Waals surface area contributed by atoms with Gasteiger partial charge < -0.3 is 10.2 Å². The molecule has 1 atom stereocenters. The number of carbonyl (C=O) groups is 2. The number of halogens is 1. The lowest BCUT2D eigenvalue weighted by atomic mass is 10.1. The average Bonchev–Trinajstić information content (AvgIpc) is 2.76. The van der Waals surface area contributed by atoms with E-state index in [1.54, 1.807) is 29.2 Å². The number of nitrogens with zero attached hydrogens (tertiary/aromatic N) is 2. The van der Waals surface area contributed by atoms with Gasteiger partial charge in [-0.1, -0.05) is 48.4 Å². The zero-order valence-electron chi connectivity index (χ0n) is 21.1. The molecule has 9 heteroatoms. The molecule has 0 saturated carbocycles. The largest absolute Gasteiger partial charge is 0.352 e. The molecule has 0 aliphatic carbocycles. The minimum Gasteiger partial charge on any atom is -0.352 e. The second kappa shape index (κ2) is 12.9. The Hall–Kier alpha value is -2.58. The van der Waals surface area contributed by atoms with Gasteiger partial charge in [-0.25, -0.2) is 8.42 Å². The van der Waals surface area contributed by atoms with Gasteiger partial charge in [0.05, 0.1) is 11.9 Å². The summed E-state index contributed by atoms with van der Waals surface area (Å²) in [6, 6.07) is 13.7. The van der Waals surface area contributed by atoms with Crippen molar-refractivity contribution >= 4 is 39.1 Å². The van der Waals surface area contributed by atoms with E-state index in [-0.39, 0.29) is 30.8 Å². The fourth-order valence-corrected chi connectivity index (χ4v) is 5.01. The second-order valence-corrected chi connectivity index (χ2v) is 11.4. The molecule has 0 aliphatic heterocycles. The van der Waals surface area contributed by atoms with Crippen LogP contribution in [0.3, 0.4) is 0 Å². The minimum atomic E-state index is -3.55. The molecule has 0 radical (unpaired) electrons. The van der Waals surface area contributed by atoms with Gasteiger partial charge in [0.1, 0.15) is 6.04 Å². The van der Waals surface area contributed by atoms with Crippen molar-refractivity contribution < 1.29 is 18.0 Å². The molecule has 2 amide bonds. The summed E-state index contributed by atoms with van der Waals surface area (Å²) < 4.78 is 26.0. The number of anilines is 1. The maximum absolute atomic E-state index is 13.4. The topological polar surface area (TPSA) is 86.8 Å². The monoisotopic (exact) mass is 521 g/mol. The van der Waals surface area contributed by atoms with Gasteiger partial charge >= 0.3 is 0 Å². The van der Waals surface area contributed by atoms with Crippen molar-refractivity contribution in [2.24, 2.45) is 0 Å². The van der Waals surface area contributed by atoms with Crippen molar-refractivity contribution in [1.82, 2.24) is 10.2 Å². The van der Waals surface area contributed by atoms with Gasteiger partial charge in [-0.15, -0.1) is 0 Å². The fraction of sp³-hybridized carbons (Fsp3) is 0.462. The summed E-state index contributed by atoms with van der Waals surface area (Å²) in [5.74, 6) is -0.385. The highest BCUT2D eigenvalue weighted by Crippen LogP contribution is 2.22. The Labute approximate surface area is 214 Å². The van der Waals surface area contributed by atoms with Crippen LogP contribution in [0.4, 0.5) is 5.69 Å². The highest BCUT2D eigenvalue weighted by Gasteiger charge is 2.29. The summed E-state index contributed by atoms with van der Waals surface area (Å²) >= 11 is 5.94. The number of rotatable bonds is 12. The molecule has 0 fully saturated rings. The SMILES string of the molecule is CCC(C(=O)NC(C)C)N(Cc1cccc(C)c1)C(=O)CCCN(c1ccc(Cl)cc1)S(C)(=O)=O. The molecule has 1 N–H and O–H groups in total. The summed E-state index contributed by atoms with van der Waals surface area (Å²) in [6.45, 7) is 8.07. The molecule has 7 nitrogen and oxygen atoms in total. The number of aryl methyl sites for hydroxylation is 1. The van der Waals surface area contributed by atoms with Crippen LogP contribution in [0.5, 0.6) is 0 Å². The lowest BCUT2D eigenvalue weighted by molar-refractivity contribution is -0.141. The first-order valence-electron chi connectivity index (χ1n) is 11.8. The highest BCUT2D eigenvalue weighted by molar-refractivity contribution is 7.92. The van der Waals surface area contributed by atoms with E-state index in [9.17, 15) is 18.0 Å². The molecule has 0 aliphatic rings. The van der Waals surface area contributed by atoms with E-state index in [1.807, 2.05) is 52.0 Å². The molecule has 0 heterocycles. The van der Waals surface area contributed by atoms with E-state index in [2.05, 4.69) is 5.32 Å². The second-order valence-electron chi connectivity index (χ2n) is 9.01. The van der Waals surface area contributed by atoms with E-state index in [0.717, 1.165) is 17.4 Å². The number of amides is 2. The average molecular weight is 522 g/mol. The van der Waals surface area contributed by atoms with Gasteiger partial charge in [0.15, 0.2) is 0 Å². The first-order valence-corrected chi connectivity index (χ1v) is 14.0. The van der Waals surface area contributed by atoms with Crippen LogP contribution in [0, 0.1) is 6.92 Å². The van der Waals surface area contributed by atoms with Gasteiger partial charge in [-0.05, 0) is 63.4 Å². The Morgan fingerprint density at radius 1 is 1.09 bits per heavy atom. The quantitative estimate of drug-likeness (QED) is 0.444. The molecule has 2 aromatic carbocycles. The van der Waals surface area contributed by atoms with Crippen molar-refractivity contribution in [1.29, 1.82) is 0 Å². The maximum atomic E-state index is 13.4. The van der Waals surface area contributed by atoms with E-state index in [4.69, 9.17) is 11.6 Å². The number of benzene rings is 2. The Balaban J connectivity index is 2.21. The van der Waals surface area contributed by atoms with Gasteiger partial charge in [-0.3, -0.25) is 13.9 Å². The first kappa shape index (κ1) is 28.7. The molecule has 35 heavy (non-hydrogen) atoms. The van der Waals surface area contributed by atoms with Crippen LogP contribution in [0.1, 0.15) is 51.2 Å². The van der Waals surface area contributed by atoms with Crippen LogP contribution >= 0.6 is 11.6 Å². The van der Waals surface area contributed by atoms with E-state index in [0.29, 0.717) is 30.1 Å². The number of hydrogen-bond donors (Lipinski definition) is 1. The number of sulfonamides is 1. The normalized spacial score (nSPS) is 12.3. The predicted molar refractivity (Wildman–Crippen MR) is 142 cm³/mol. The fourth-order valence-electron chi connectivity index (χ4n) is 3.92. The minimum absolute atomic E-state index is 0.0461. The molecule has 192 valence electrons. The van der Waals surface area contributed by atoms with Crippen LogP contribution in [-0.4, -0.2) is 50.0 Å². The van der Waals surface area contributed by atoms with Crippen LogP contribution < -0.4 is 9.62 Å². The Morgan fingerprint density at radius 2 is 1.74 bits per heavy atom. The molecule has 2 aromatic rings. The zero-order valence-corrected chi connectivity index (χ0v) is 22.7. The molecule has 1 unspecified atom stereocenters. The molecular formula is C26H36ClN3O4S. The van der Waals surface area contributed by atoms with Gasteiger partial charge in [0.2, 0.25) is 21.8 Å². The van der Waals surface area contributed by atoms with Crippen molar-refractivity contribution in [3.8, 4) is 0 Å². The lowest BCUT2D eigenvalue weighted by Crippen LogP contribution is -2.50. The number of hydrogen-bond acceptors (Lipinski definition) is 4. The van der Waals surface area contributed by atoms with Gasteiger partial charge in [0, 0.05) is 30.6 Å². The molecule has 2 rings (SSSR count). The van der Waals surface area contributed by atoms with Crippen molar-refractivity contribution in [2.45, 2.75) is 65.6 Å². The maximum Gasteiger partial charge on any atom is 0.243 e. The Morgan fingerprint density at radius 3 is 2.29 bits per heavy atom. The summed E-state index contributed by atoms with van der Waals surface area (Å²) in [7, 11) is -3.55. The van der Waals surface area contributed by atoms with E-state index in [1.165, 1.54) is 4.31 Å². The van der Waals surface area contributed by atoms with Crippen molar-refractivity contribution in [3.05, 3.63) is 64.7 Å². The molecule has 0 spiro atoms. The standard InChI is InChI=1S/C26H36ClN3O4S/c1-6-24(26(32)28-19(2)3)29(18-21-10-7-9-20(4)17-21)25(31)11-8-16-30(35(5,33)34)23-14-12-22(27)13-15-23/h7,9-10,12-15,17,19,24H,6,8,11,16,18H2,1-5H3,(H,28,32). The Kier molecular flexibility index (Phi) is 10.6. The van der Waals surface area contributed by atoms with E-state index < -0.39 is 16.1 Å². The summed E-state index contributed by atoms with van der Waals surface area (Å²) in [4.78, 5) is 27.9. The molecule has 0 aromatic heterocycles. The van der Waals surface area contributed by atoms with Crippen LogP contribution in [0.15, 0.2) is 48.5 Å². The third kappa shape index (κ3) is 8.85. The lowest BCUT2D eigenvalue weighted by Gasteiger charge is -2.31. The van der Waals surface area contributed by atoms with Crippen LogP contribution in [-0.2, 0) is 26.2 Å². The molecule has 0 saturated heterocycles. The van der Waals surface area contributed by atoms with Crippen molar-refractivity contribution in [3.63, 3.8) is 0 Å². The third-order valence-corrected chi connectivity index (χ3v) is 6.97. The summed E-state index contributed by atoms with van der Waals surface area (Å²) in [6.07, 6.45) is 2.02. The summed E-state index contributed by atoms with van der Waals surface area (Å²) in [5.41, 5.74) is 2.50. The first-order chi connectivity index (χ1) is 16.4. The Bertz CT molecular complexity index is 1100. The van der Waals surface area contributed by atoms with Crippen molar-refractivity contribution in [2.75, 3.05) is 17.1 Å². The molecular weight excluding hydrogens is 486 g/mol.